The van der Waals surface area contributed by atoms with Gasteiger partial charge in [-0.15, -0.1) is 0 Å². The molecular formula is C29H30N4S. The van der Waals surface area contributed by atoms with E-state index in [1.54, 1.807) is 0 Å². The Morgan fingerprint density at radius 1 is 0.882 bits per heavy atom. The molecule has 0 saturated carbocycles. The number of anilines is 1. The number of rotatable bonds is 4. The van der Waals surface area contributed by atoms with E-state index in [2.05, 4.69) is 104 Å². The van der Waals surface area contributed by atoms with E-state index in [0.717, 1.165) is 16.5 Å². The van der Waals surface area contributed by atoms with Gasteiger partial charge in [0.15, 0.2) is 5.11 Å². The summed E-state index contributed by atoms with van der Waals surface area (Å²) in [5.41, 5.74) is 10.8. The van der Waals surface area contributed by atoms with Crippen molar-refractivity contribution < 1.29 is 0 Å². The SMILES string of the molecule is Cc1ccc(N2C(=S)N[C@H](c3ccccn3)[C@H]2c2cc(C)n(-c3cccc(C)c3C)c2C)cc1. The maximum absolute atomic E-state index is 5.90. The highest BCUT2D eigenvalue weighted by Gasteiger charge is 2.42. The van der Waals surface area contributed by atoms with E-state index in [1.165, 1.54) is 39.3 Å². The molecule has 0 amide bonds. The van der Waals surface area contributed by atoms with Crippen molar-refractivity contribution in [3.05, 3.63) is 112 Å². The standard InChI is InChI=1S/C29H30N4S/c1-18-12-14-23(15-13-18)33-28(27(31-29(33)34)25-10-6-7-16-30-25)24-17-20(3)32(22(24)5)26-11-8-9-19(2)21(26)4/h6-17,27-28H,1-5H3,(H,31,34)/t27-,28-/m1/s1. The first kappa shape index (κ1) is 22.4. The van der Waals surface area contributed by atoms with Gasteiger partial charge in [-0.25, -0.2) is 0 Å². The highest BCUT2D eigenvalue weighted by atomic mass is 32.1. The molecule has 0 aliphatic carbocycles. The van der Waals surface area contributed by atoms with Crippen LogP contribution in [0, 0.1) is 34.6 Å². The highest BCUT2D eigenvalue weighted by molar-refractivity contribution is 7.80. The van der Waals surface area contributed by atoms with Gasteiger partial charge in [-0.05, 0) is 99.9 Å². The Kier molecular flexibility index (Phi) is 5.74. The molecule has 1 aliphatic heterocycles. The first-order valence-electron chi connectivity index (χ1n) is 11.7. The van der Waals surface area contributed by atoms with Gasteiger partial charge in [-0.1, -0.05) is 35.9 Å². The Bertz CT molecular complexity index is 1360. The normalized spacial score (nSPS) is 17.8. The quantitative estimate of drug-likeness (QED) is 0.344. The van der Waals surface area contributed by atoms with Crippen LogP contribution < -0.4 is 10.2 Å². The van der Waals surface area contributed by atoms with E-state index < -0.39 is 0 Å². The predicted octanol–water partition coefficient (Wildman–Crippen LogP) is 6.59. The number of nitrogens with zero attached hydrogens (tertiary/aromatic N) is 3. The van der Waals surface area contributed by atoms with Crippen molar-refractivity contribution in [2.45, 2.75) is 46.7 Å². The maximum Gasteiger partial charge on any atom is 0.174 e. The van der Waals surface area contributed by atoms with Crippen molar-refractivity contribution in [1.29, 1.82) is 0 Å². The highest BCUT2D eigenvalue weighted by Crippen LogP contribution is 2.44. The molecule has 1 fully saturated rings. The molecule has 0 unspecified atom stereocenters. The molecule has 3 heterocycles. The number of pyridine rings is 1. The van der Waals surface area contributed by atoms with Crippen LogP contribution in [0.1, 0.15) is 51.4 Å². The number of aromatic nitrogens is 2. The van der Waals surface area contributed by atoms with E-state index in [1.807, 2.05) is 18.3 Å². The molecule has 0 spiro atoms. The lowest BCUT2D eigenvalue weighted by Gasteiger charge is -2.28. The average Bonchev–Trinajstić information content (AvgIpc) is 3.32. The lowest BCUT2D eigenvalue weighted by molar-refractivity contribution is 0.565. The molecule has 0 bridgehead atoms. The smallest absolute Gasteiger partial charge is 0.174 e. The lowest BCUT2D eigenvalue weighted by atomic mass is 9.96. The summed E-state index contributed by atoms with van der Waals surface area (Å²) < 4.78 is 2.38. The third kappa shape index (κ3) is 3.70. The maximum atomic E-state index is 5.90. The Hall–Kier alpha value is -3.44. The van der Waals surface area contributed by atoms with Gasteiger partial charge in [0.1, 0.15) is 0 Å². The molecule has 0 radical (unpaired) electrons. The summed E-state index contributed by atoms with van der Waals surface area (Å²) in [7, 11) is 0. The molecule has 5 rings (SSSR count). The second-order valence-corrected chi connectivity index (χ2v) is 9.60. The number of thiocarbonyl (C=S) groups is 1. The minimum absolute atomic E-state index is 0.0184. The second kappa shape index (κ2) is 8.73. The largest absolute Gasteiger partial charge is 0.351 e. The molecule has 1 aliphatic rings. The summed E-state index contributed by atoms with van der Waals surface area (Å²) in [5, 5.41) is 4.31. The van der Waals surface area contributed by atoms with Crippen LogP contribution in [-0.4, -0.2) is 14.7 Å². The van der Waals surface area contributed by atoms with Crippen molar-refractivity contribution in [3.63, 3.8) is 0 Å². The number of hydrogen-bond acceptors (Lipinski definition) is 2. The zero-order valence-electron chi connectivity index (χ0n) is 20.3. The zero-order chi connectivity index (χ0) is 24.0. The van der Waals surface area contributed by atoms with Gasteiger partial charge in [-0.2, -0.15) is 0 Å². The molecule has 2 aromatic heterocycles. The lowest BCUT2D eigenvalue weighted by Crippen LogP contribution is -2.29. The van der Waals surface area contributed by atoms with Gasteiger partial charge >= 0.3 is 0 Å². The summed E-state index contributed by atoms with van der Waals surface area (Å²) in [6, 6.07) is 23.4. The average molecular weight is 467 g/mol. The van der Waals surface area contributed by atoms with E-state index >= 15 is 0 Å². The van der Waals surface area contributed by atoms with Crippen LogP contribution >= 0.6 is 12.2 Å². The molecule has 4 aromatic rings. The number of hydrogen-bond donors (Lipinski definition) is 1. The Morgan fingerprint density at radius 3 is 2.35 bits per heavy atom. The van der Waals surface area contributed by atoms with E-state index in [0.29, 0.717) is 0 Å². The van der Waals surface area contributed by atoms with Crippen LogP contribution in [0.3, 0.4) is 0 Å². The molecule has 34 heavy (non-hydrogen) atoms. The second-order valence-electron chi connectivity index (χ2n) is 9.21. The minimum atomic E-state index is -0.0532. The predicted molar refractivity (Wildman–Crippen MR) is 144 cm³/mol. The Morgan fingerprint density at radius 2 is 1.65 bits per heavy atom. The molecule has 2 aromatic carbocycles. The van der Waals surface area contributed by atoms with Gasteiger partial charge in [0, 0.05) is 29.0 Å². The van der Waals surface area contributed by atoms with Crippen LogP contribution in [0.15, 0.2) is 72.9 Å². The Balaban J connectivity index is 1.70. The van der Waals surface area contributed by atoms with Crippen molar-refractivity contribution in [2.24, 2.45) is 0 Å². The molecule has 172 valence electrons. The van der Waals surface area contributed by atoms with Crippen LogP contribution in [0.25, 0.3) is 5.69 Å². The van der Waals surface area contributed by atoms with Crippen LogP contribution in [0.2, 0.25) is 0 Å². The fourth-order valence-corrected chi connectivity index (χ4v) is 5.44. The molecule has 4 nitrogen and oxygen atoms in total. The van der Waals surface area contributed by atoms with Crippen LogP contribution in [0.5, 0.6) is 0 Å². The van der Waals surface area contributed by atoms with Gasteiger partial charge in [0.05, 0.1) is 17.8 Å². The van der Waals surface area contributed by atoms with Crippen molar-refractivity contribution in [1.82, 2.24) is 14.9 Å². The van der Waals surface area contributed by atoms with E-state index in [4.69, 9.17) is 17.2 Å². The summed E-state index contributed by atoms with van der Waals surface area (Å²) in [5.74, 6) is 0. The number of benzene rings is 2. The van der Waals surface area contributed by atoms with E-state index in [-0.39, 0.29) is 12.1 Å². The zero-order valence-corrected chi connectivity index (χ0v) is 21.1. The van der Waals surface area contributed by atoms with Gasteiger partial charge in [0.25, 0.3) is 0 Å². The monoisotopic (exact) mass is 466 g/mol. The van der Waals surface area contributed by atoms with E-state index in [9.17, 15) is 0 Å². The topological polar surface area (TPSA) is 33.1 Å². The number of aryl methyl sites for hydroxylation is 3. The van der Waals surface area contributed by atoms with Crippen LogP contribution in [0.4, 0.5) is 5.69 Å². The van der Waals surface area contributed by atoms with Gasteiger partial charge in [-0.3, -0.25) is 4.98 Å². The third-order valence-corrected chi connectivity index (χ3v) is 7.33. The van der Waals surface area contributed by atoms with Crippen molar-refractivity contribution in [3.8, 4) is 5.69 Å². The first-order valence-corrected chi connectivity index (χ1v) is 12.1. The van der Waals surface area contributed by atoms with Crippen LogP contribution in [-0.2, 0) is 0 Å². The fourth-order valence-electron chi connectivity index (χ4n) is 5.09. The fraction of sp³-hybridized carbons (Fsp3) is 0.241. The summed E-state index contributed by atoms with van der Waals surface area (Å²) in [4.78, 5) is 6.95. The molecule has 2 atom stereocenters. The van der Waals surface area contributed by atoms with Gasteiger partial charge in [0.2, 0.25) is 0 Å². The Labute approximate surface area is 207 Å². The van der Waals surface area contributed by atoms with Gasteiger partial charge < -0.3 is 14.8 Å². The summed E-state index contributed by atoms with van der Waals surface area (Å²) >= 11 is 5.90. The van der Waals surface area contributed by atoms with Crippen molar-refractivity contribution >= 4 is 23.0 Å². The van der Waals surface area contributed by atoms with Crippen molar-refractivity contribution in [2.75, 3.05) is 4.90 Å². The number of nitrogens with one attached hydrogen (secondary N) is 1. The third-order valence-electron chi connectivity index (χ3n) is 7.02. The molecule has 1 N–H and O–H groups in total. The summed E-state index contributed by atoms with van der Waals surface area (Å²) in [6.07, 6.45) is 1.85. The first-order chi connectivity index (χ1) is 16.4. The molecule has 1 saturated heterocycles. The molecule has 5 heteroatoms. The molecular weight excluding hydrogens is 436 g/mol. The summed E-state index contributed by atoms with van der Waals surface area (Å²) in [6.45, 7) is 10.9. The minimum Gasteiger partial charge on any atom is -0.351 e.